The molecule has 0 radical (unpaired) electrons. The maximum absolute atomic E-state index is 12.2. The van der Waals surface area contributed by atoms with E-state index in [1.807, 2.05) is 13.8 Å². The molecule has 0 aromatic heterocycles. The van der Waals surface area contributed by atoms with Crippen LogP contribution >= 0.6 is 0 Å². The van der Waals surface area contributed by atoms with Gasteiger partial charge in [-0.1, -0.05) is 26.0 Å². The number of amides is 1. The van der Waals surface area contributed by atoms with Crippen LogP contribution in [0.2, 0.25) is 0 Å². The largest absolute Gasteiger partial charge is 0.481 e. The number of carboxylic acids is 1. The standard InChI is InChI=1S/C15H21N3O5/c1-11(2)10-17(8-7-15(20)21)14(19)9-16-12-5-3-4-6-13(12)18(22)23/h3-6,11,16H,7-10H2,1-2H3,(H,20,21). The first-order valence-corrected chi connectivity index (χ1v) is 7.28. The van der Waals surface area contributed by atoms with Crippen molar-refractivity contribution in [3.63, 3.8) is 0 Å². The van der Waals surface area contributed by atoms with Gasteiger partial charge in [-0.3, -0.25) is 19.7 Å². The van der Waals surface area contributed by atoms with Crippen LogP contribution in [0.5, 0.6) is 0 Å². The number of carbonyl (C=O) groups excluding carboxylic acids is 1. The Morgan fingerprint density at radius 1 is 1.35 bits per heavy atom. The Hall–Kier alpha value is -2.64. The zero-order valence-electron chi connectivity index (χ0n) is 13.2. The van der Waals surface area contributed by atoms with E-state index >= 15 is 0 Å². The number of nitro benzene ring substituents is 1. The van der Waals surface area contributed by atoms with Gasteiger partial charge in [0, 0.05) is 19.2 Å². The van der Waals surface area contributed by atoms with Crippen molar-refractivity contribution in [2.24, 2.45) is 5.92 Å². The summed E-state index contributed by atoms with van der Waals surface area (Å²) < 4.78 is 0. The summed E-state index contributed by atoms with van der Waals surface area (Å²) in [5.74, 6) is -1.07. The molecule has 126 valence electrons. The summed E-state index contributed by atoms with van der Waals surface area (Å²) in [6.45, 7) is 4.28. The number of anilines is 1. The van der Waals surface area contributed by atoms with E-state index in [9.17, 15) is 19.7 Å². The number of rotatable bonds is 9. The van der Waals surface area contributed by atoms with Crippen LogP contribution in [0.4, 0.5) is 11.4 Å². The van der Waals surface area contributed by atoms with Crippen LogP contribution in [0.25, 0.3) is 0 Å². The van der Waals surface area contributed by atoms with Gasteiger partial charge < -0.3 is 15.3 Å². The molecular formula is C15H21N3O5. The van der Waals surface area contributed by atoms with Gasteiger partial charge in [-0.15, -0.1) is 0 Å². The number of hydrogen-bond acceptors (Lipinski definition) is 5. The van der Waals surface area contributed by atoms with E-state index in [1.54, 1.807) is 12.1 Å². The Bertz CT molecular complexity index is 574. The van der Waals surface area contributed by atoms with Gasteiger partial charge in [-0.2, -0.15) is 0 Å². The first-order chi connectivity index (χ1) is 10.8. The van der Waals surface area contributed by atoms with Crippen molar-refractivity contribution in [3.8, 4) is 0 Å². The summed E-state index contributed by atoms with van der Waals surface area (Å²) in [4.78, 5) is 34.8. The number of carboxylic acid groups (broad SMARTS) is 1. The average Bonchev–Trinajstić information content (AvgIpc) is 2.48. The number of nitrogens with one attached hydrogen (secondary N) is 1. The number of aliphatic carboxylic acids is 1. The highest BCUT2D eigenvalue weighted by molar-refractivity contribution is 5.82. The zero-order valence-corrected chi connectivity index (χ0v) is 13.2. The number of nitro groups is 1. The quantitative estimate of drug-likeness (QED) is 0.530. The van der Waals surface area contributed by atoms with E-state index in [1.165, 1.54) is 17.0 Å². The number of nitrogens with zero attached hydrogens (tertiary/aromatic N) is 2. The van der Waals surface area contributed by atoms with Gasteiger partial charge in [-0.25, -0.2) is 0 Å². The highest BCUT2D eigenvalue weighted by Gasteiger charge is 2.18. The highest BCUT2D eigenvalue weighted by atomic mass is 16.6. The molecule has 0 spiro atoms. The van der Waals surface area contributed by atoms with Gasteiger partial charge in [0.2, 0.25) is 5.91 Å². The molecule has 8 nitrogen and oxygen atoms in total. The molecule has 1 aromatic rings. The third-order valence-corrected chi connectivity index (χ3v) is 3.06. The lowest BCUT2D eigenvalue weighted by molar-refractivity contribution is -0.383. The number of benzene rings is 1. The van der Waals surface area contributed by atoms with Crippen LogP contribution in [-0.4, -0.2) is 46.4 Å². The SMILES string of the molecule is CC(C)CN(CCC(=O)O)C(=O)CNc1ccccc1[N+](=O)[O-]. The van der Waals surface area contributed by atoms with Crippen molar-refractivity contribution < 1.29 is 19.6 Å². The van der Waals surface area contributed by atoms with E-state index in [0.29, 0.717) is 6.54 Å². The predicted octanol–water partition coefficient (Wildman–Crippen LogP) is 1.97. The lowest BCUT2D eigenvalue weighted by Gasteiger charge is -2.24. The van der Waals surface area contributed by atoms with Gasteiger partial charge in [0.05, 0.1) is 17.9 Å². The second-order valence-corrected chi connectivity index (χ2v) is 5.51. The maximum Gasteiger partial charge on any atom is 0.305 e. The minimum absolute atomic E-state index is 0.110. The summed E-state index contributed by atoms with van der Waals surface area (Å²) in [7, 11) is 0. The fourth-order valence-electron chi connectivity index (χ4n) is 2.05. The van der Waals surface area contributed by atoms with Crippen LogP contribution in [-0.2, 0) is 9.59 Å². The zero-order chi connectivity index (χ0) is 17.4. The summed E-state index contributed by atoms with van der Waals surface area (Å²) in [6, 6.07) is 6.05. The summed E-state index contributed by atoms with van der Waals surface area (Å²) >= 11 is 0. The summed E-state index contributed by atoms with van der Waals surface area (Å²) in [5.41, 5.74) is 0.148. The van der Waals surface area contributed by atoms with Crippen LogP contribution < -0.4 is 5.32 Å². The molecule has 0 aliphatic carbocycles. The van der Waals surface area contributed by atoms with Gasteiger partial charge in [-0.05, 0) is 12.0 Å². The molecule has 0 saturated carbocycles. The molecule has 0 heterocycles. The Morgan fingerprint density at radius 2 is 2.00 bits per heavy atom. The second kappa shape index (κ2) is 8.72. The second-order valence-electron chi connectivity index (χ2n) is 5.51. The molecule has 0 aliphatic rings. The van der Waals surface area contributed by atoms with Crippen molar-refractivity contribution in [3.05, 3.63) is 34.4 Å². The fourth-order valence-corrected chi connectivity index (χ4v) is 2.05. The molecule has 1 aromatic carbocycles. The van der Waals surface area contributed by atoms with Gasteiger partial charge >= 0.3 is 5.97 Å². The third kappa shape index (κ3) is 6.33. The van der Waals surface area contributed by atoms with Crippen LogP contribution in [0.3, 0.4) is 0 Å². The minimum Gasteiger partial charge on any atom is -0.481 e. The third-order valence-electron chi connectivity index (χ3n) is 3.06. The Kier molecular flexibility index (Phi) is 6.98. The van der Waals surface area contributed by atoms with Crippen molar-refractivity contribution >= 4 is 23.3 Å². The molecule has 0 saturated heterocycles. The molecule has 23 heavy (non-hydrogen) atoms. The van der Waals surface area contributed by atoms with Gasteiger partial charge in [0.1, 0.15) is 5.69 Å². The smallest absolute Gasteiger partial charge is 0.305 e. The summed E-state index contributed by atoms with van der Waals surface area (Å²) in [5, 5.41) is 22.4. The molecule has 8 heteroatoms. The fraction of sp³-hybridized carbons (Fsp3) is 0.467. The average molecular weight is 323 g/mol. The molecular weight excluding hydrogens is 302 g/mol. The van der Waals surface area contributed by atoms with Crippen LogP contribution in [0.1, 0.15) is 20.3 Å². The predicted molar refractivity (Wildman–Crippen MR) is 85.3 cm³/mol. The first-order valence-electron chi connectivity index (χ1n) is 7.28. The molecule has 1 rings (SSSR count). The van der Waals surface area contributed by atoms with Gasteiger partial charge in [0.15, 0.2) is 0 Å². The lowest BCUT2D eigenvalue weighted by atomic mass is 10.2. The lowest BCUT2D eigenvalue weighted by Crippen LogP contribution is -2.39. The van der Waals surface area contributed by atoms with Crippen molar-refractivity contribution in [1.29, 1.82) is 0 Å². The van der Waals surface area contributed by atoms with E-state index < -0.39 is 10.9 Å². The van der Waals surface area contributed by atoms with E-state index in [4.69, 9.17) is 5.11 Å². The maximum atomic E-state index is 12.2. The molecule has 0 unspecified atom stereocenters. The Balaban J connectivity index is 2.71. The van der Waals surface area contributed by atoms with E-state index in [0.717, 1.165) is 0 Å². The molecule has 0 bridgehead atoms. The minimum atomic E-state index is -0.974. The number of para-hydroxylation sites is 2. The Labute approximate surface area is 134 Å². The molecule has 0 fully saturated rings. The molecule has 1 amide bonds. The molecule has 0 aliphatic heterocycles. The van der Waals surface area contributed by atoms with Crippen molar-refractivity contribution in [2.45, 2.75) is 20.3 Å². The topological polar surface area (TPSA) is 113 Å². The first kappa shape index (κ1) is 18.4. The van der Waals surface area contributed by atoms with Crippen molar-refractivity contribution in [2.75, 3.05) is 25.0 Å². The van der Waals surface area contributed by atoms with E-state index in [-0.39, 0.29) is 42.7 Å². The molecule has 2 N–H and O–H groups in total. The van der Waals surface area contributed by atoms with Gasteiger partial charge in [0.25, 0.3) is 5.69 Å². The number of carbonyl (C=O) groups is 2. The highest BCUT2D eigenvalue weighted by Crippen LogP contribution is 2.22. The summed E-state index contributed by atoms with van der Waals surface area (Å²) in [6.07, 6.45) is -0.135. The van der Waals surface area contributed by atoms with Crippen LogP contribution in [0.15, 0.2) is 24.3 Å². The number of hydrogen-bond donors (Lipinski definition) is 2. The Morgan fingerprint density at radius 3 is 2.57 bits per heavy atom. The van der Waals surface area contributed by atoms with Crippen LogP contribution in [0, 0.1) is 16.0 Å². The van der Waals surface area contributed by atoms with Crippen molar-refractivity contribution in [1.82, 2.24) is 4.90 Å². The van der Waals surface area contributed by atoms with E-state index in [2.05, 4.69) is 5.32 Å². The normalized spacial score (nSPS) is 10.4. The monoisotopic (exact) mass is 323 g/mol. The molecule has 0 atom stereocenters.